The Hall–Kier alpha value is -1.68. The molecule has 4 nitrogen and oxygen atoms in total. The van der Waals surface area contributed by atoms with Crippen molar-refractivity contribution in [2.75, 3.05) is 13.1 Å². The number of imidazole rings is 1. The second kappa shape index (κ2) is 3.72. The van der Waals surface area contributed by atoms with Crippen molar-refractivity contribution < 1.29 is 4.79 Å². The predicted octanol–water partition coefficient (Wildman–Crippen LogP) is 1.22. The third-order valence-corrected chi connectivity index (χ3v) is 3.12. The van der Waals surface area contributed by atoms with E-state index in [1.165, 1.54) is 0 Å². The topological polar surface area (TPSA) is 46.4 Å². The van der Waals surface area contributed by atoms with Crippen LogP contribution in [-0.4, -0.2) is 28.8 Å². The van der Waals surface area contributed by atoms with Crippen LogP contribution in [0.3, 0.4) is 0 Å². The number of rotatable bonds is 2. The molecule has 0 bridgehead atoms. The first-order valence-electron chi connectivity index (χ1n) is 5.51. The van der Waals surface area contributed by atoms with Crippen molar-refractivity contribution in [1.29, 1.82) is 0 Å². The van der Waals surface area contributed by atoms with Crippen LogP contribution in [0, 0.1) is 0 Å². The molecule has 3 heterocycles. The van der Waals surface area contributed by atoms with Crippen molar-refractivity contribution in [3.63, 3.8) is 0 Å². The summed E-state index contributed by atoms with van der Waals surface area (Å²) in [4.78, 5) is 15.2. The molecule has 0 aliphatic carbocycles. The average Bonchev–Trinajstić information content (AvgIpc) is 2.96. The molecule has 4 heteroatoms. The largest absolute Gasteiger partial charge is 0.316 e. The lowest BCUT2D eigenvalue weighted by molar-refractivity contribution is 0.112. The van der Waals surface area contributed by atoms with Gasteiger partial charge in [-0.1, -0.05) is 0 Å². The summed E-state index contributed by atoms with van der Waals surface area (Å²) in [6.07, 6.45) is 5.94. The second-order valence-electron chi connectivity index (χ2n) is 4.20. The van der Waals surface area contributed by atoms with Gasteiger partial charge in [-0.2, -0.15) is 0 Å². The number of hydrogen-bond donors (Lipinski definition) is 1. The lowest BCUT2D eigenvalue weighted by atomic mass is 10.1. The van der Waals surface area contributed by atoms with Crippen molar-refractivity contribution in [3.8, 4) is 0 Å². The number of carbonyl (C=O) groups excluding carboxylic acids is 1. The Labute approximate surface area is 93.3 Å². The van der Waals surface area contributed by atoms with Gasteiger partial charge in [0.2, 0.25) is 0 Å². The zero-order valence-electron chi connectivity index (χ0n) is 8.89. The van der Waals surface area contributed by atoms with Crippen molar-refractivity contribution in [2.45, 2.75) is 12.3 Å². The van der Waals surface area contributed by atoms with Crippen LogP contribution in [0.25, 0.3) is 5.65 Å². The highest BCUT2D eigenvalue weighted by Crippen LogP contribution is 2.21. The summed E-state index contributed by atoms with van der Waals surface area (Å²) in [5.41, 5.74) is 2.65. The van der Waals surface area contributed by atoms with Gasteiger partial charge in [0, 0.05) is 30.4 Å². The zero-order chi connectivity index (χ0) is 11.0. The molecule has 16 heavy (non-hydrogen) atoms. The van der Waals surface area contributed by atoms with Gasteiger partial charge in [-0.25, -0.2) is 4.98 Å². The Morgan fingerprint density at radius 3 is 3.25 bits per heavy atom. The molecule has 1 unspecified atom stereocenters. The lowest BCUT2D eigenvalue weighted by Gasteiger charge is -2.01. The van der Waals surface area contributed by atoms with E-state index in [9.17, 15) is 4.79 Å². The predicted molar refractivity (Wildman–Crippen MR) is 60.8 cm³/mol. The van der Waals surface area contributed by atoms with Crippen LogP contribution in [0.15, 0.2) is 24.5 Å². The molecule has 0 aromatic carbocycles. The summed E-state index contributed by atoms with van der Waals surface area (Å²) in [5.74, 6) is 0.514. The van der Waals surface area contributed by atoms with Gasteiger partial charge in [-0.05, 0) is 25.1 Å². The van der Waals surface area contributed by atoms with Crippen molar-refractivity contribution in [3.05, 3.63) is 35.8 Å². The van der Waals surface area contributed by atoms with Gasteiger partial charge in [-0.15, -0.1) is 0 Å². The molecule has 2 aromatic heterocycles. The Morgan fingerprint density at radius 2 is 2.50 bits per heavy atom. The third-order valence-electron chi connectivity index (χ3n) is 3.12. The van der Waals surface area contributed by atoms with E-state index in [2.05, 4.69) is 16.5 Å². The zero-order valence-corrected chi connectivity index (χ0v) is 8.89. The second-order valence-corrected chi connectivity index (χ2v) is 4.20. The van der Waals surface area contributed by atoms with Crippen LogP contribution in [0.2, 0.25) is 0 Å². The number of hydrogen-bond acceptors (Lipinski definition) is 3. The molecule has 1 aliphatic heterocycles. The summed E-state index contributed by atoms with van der Waals surface area (Å²) in [6.45, 7) is 2.07. The van der Waals surface area contributed by atoms with Gasteiger partial charge in [0.25, 0.3) is 0 Å². The fraction of sp³-hybridized carbons (Fsp3) is 0.333. The Balaban J connectivity index is 2.04. The Morgan fingerprint density at radius 1 is 1.56 bits per heavy atom. The van der Waals surface area contributed by atoms with Gasteiger partial charge in [0.15, 0.2) is 0 Å². The minimum Gasteiger partial charge on any atom is -0.316 e. The summed E-state index contributed by atoms with van der Waals surface area (Å²) in [7, 11) is 0. The van der Waals surface area contributed by atoms with Crippen molar-refractivity contribution in [1.82, 2.24) is 14.7 Å². The van der Waals surface area contributed by atoms with Crippen molar-refractivity contribution in [2.24, 2.45) is 0 Å². The van der Waals surface area contributed by atoms with Crippen LogP contribution in [0.1, 0.15) is 28.4 Å². The van der Waals surface area contributed by atoms with E-state index in [0.717, 1.165) is 37.1 Å². The van der Waals surface area contributed by atoms with E-state index in [4.69, 9.17) is 0 Å². The highest BCUT2D eigenvalue weighted by molar-refractivity contribution is 5.76. The SMILES string of the molecule is O=Cc1ccn2cc(C3CCNC3)nc2c1. The number of aldehydes is 1. The average molecular weight is 215 g/mol. The van der Waals surface area contributed by atoms with Crippen LogP contribution in [-0.2, 0) is 0 Å². The number of nitrogens with zero attached hydrogens (tertiary/aromatic N) is 2. The van der Waals surface area contributed by atoms with E-state index in [1.807, 2.05) is 16.7 Å². The summed E-state index contributed by atoms with van der Waals surface area (Å²) in [5, 5.41) is 3.33. The monoisotopic (exact) mass is 215 g/mol. The number of carbonyl (C=O) groups is 1. The smallest absolute Gasteiger partial charge is 0.150 e. The summed E-state index contributed by atoms with van der Waals surface area (Å²) >= 11 is 0. The van der Waals surface area contributed by atoms with Gasteiger partial charge in [-0.3, -0.25) is 4.79 Å². The number of aromatic nitrogens is 2. The summed E-state index contributed by atoms with van der Waals surface area (Å²) in [6, 6.07) is 3.62. The molecule has 0 spiro atoms. The highest BCUT2D eigenvalue weighted by atomic mass is 16.1. The molecule has 1 atom stereocenters. The van der Waals surface area contributed by atoms with Gasteiger partial charge < -0.3 is 9.72 Å². The molecular formula is C12H13N3O. The minimum atomic E-state index is 0.514. The number of pyridine rings is 1. The maximum absolute atomic E-state index is 10.7. The molecule has 1 saturated heterocycles. The van der Waals surface area contributed by atoms with Crippen LogP contribution >= 0.6 is 0 Å². The molecule has 1 fully saturated rings. The Kier molecular flexibility index (Phi) is 2.22. The van der Waals surface area contributed by atoms with Gasteiger partial charge >= 0.3 is 0 Å². The van der Waals surface area contributed by atoms with Crippen LogP contribution in [0.5, 0.6) is 0 Å². The molecule has 2 aromatic rings. The number of fused-ring (bicyclic) bond motifs is 1. The Bertz CT molecular complexity index is 526. The first-order chi connectivity index (χ1) is 7.86. The third kappa shape index (κ3) is 1.51. The fourth-order valence-electron chi connectivity index (χ4n) is 2.19. The fourth-order valence-corrected chi connectivity index (χ4v) is 2.19. The summed E-state index contributed by atoms with van der Waals surface area (Å²) < 4.78 is 1.97. The van der Waals surface area contributed by atoms with Gasteiger partial charge in [0.05, 0.1) is 5.69 Å². The molecule has 1 N–H and O–H groups in total. The normalized spacial score (nSPS) is 20.4. The minimum absolute atomic E-state index is 0.514. The molecule has 82 valence electrons. The number of nitrogens with one attached hydrogen (secondary N) is 1. The quantitative estimate of drug-likeness (QED) is 0.766. The highest BCUT2D eigenvalue weighted by Gasteiger charge is 2.19. The molecule has 0 amide bonds. The van der Waals surface area contributed by atoms with Crippen LogP contribution < -0.4 is 5.32 Å². The standard InChI is InChI=1S/C12H13N3O/c16-8-9-2-4-15-7-11(14-12(15)5-9)10-1-3-13-6-10/h2,4-5,7-8,10,13H,1,3,6H2. The first-order valence-corrected chi connectivity index (χ1v) is 5.51. The van der Waals surface area contributed by atoms with E-state index in [-0.39, 0.29) is 0 Å². The van der Waals surface area contributed by atoms with Crippen molar-refractivity contribution >= 4 is 11.9 Å². The molecule has 0 saturated carbocycles. The maximum Gasteiger partial charge on any atom is 0.150 e. The molecule has 3 rings (SSSR count). The van der Waals surface area contributed by atoms with Crippen LogP contribution in [0.4, 0.5) is 0 Å². The lowest BCUT2D eigenvalue weighted by Crippen LogP contribution is -2.07. The van der Waals surface area contributed by atoms with E-state index < -0.39 is 0 Å². The maximum atomic E-state index is 10.7. The molecular weight excluding hydrogens is 202 g/mol. The molecule has 1 aliphatic rings. The van der Waals surface area contributed by atoms with Gasteiger partial charge in [0.1, 0.15) is 11.9 Å². The van der Waals surface area contributed by atoms with E-state index >= 15 is 0 Å². The van der Waals surface area contributed by atoms with E-state index in [0.29, 0.717) is 11.5 Å². The van der Waals surface area contributed by atoms with E-state index in [1.54, 1.807) is 6.07 Å². The first kappa shape index (κ1) is 9.54. The molecule has 0 radical (unpaired) electrons.